The average Bonchev–Trinajstić information content (AvgIpc) is 3.26. The Morgan fingerprint density at radius 1 is 1.35 bits per heavy atom. The number of carboxylic acid groups (broad SMARTS) is 1. The number of aromatic nitrogens is 2. The highest BCUT2D eigenvalue weighted by atomic mass is 16.5. The predicted molar refractivity (Wildman–Crippen MR) is 77.3 cm³/mol. The number of aliphatic carboxylic acids is 1. The molecule has 0 unspecified atom stereocenters. The summed E-state index contributed by atoms with van der Waals surface area (Å²) in [5, 5.41) is 15.8. The number of hydrogen-bond donors (Lipinski definition) is 2. The van der Waals surface area contributed by atoms with Gasteiger partial charge in [-0.15, -0.1) is 0 Å². The third-order valence-electron chi connectivity index (χ3n) is 4.06. The van der Waals surface area contributed by atoms with E-state index in [4.69, 9.17) is 8.94 Å². The van der Waals surface area contributed by atoms with Gasteiger partial charge in [0.15, 0.2) is 0 Å². The third-order valence-corrected chi connectivity index (χ3v) is 4.06. The highest BCUT2D eigenvalue weighted by molar-refractivity contribution is 5.87. The van der Waals surface area contributed by atoms with Crippen LogP contribution in [0.15, 0.2) is 27.5 Å². The maximum atomic E-state index is 12.0. The largest absolute Gasteiger partial charge is 0.480 e. The summed E-state index contributed by atoms with van der Waals surface area (Å²) in [7, 11) is 0. The van der Waals surface area contributed by atoms with Crippen LogP contribution in [-0.4, -0.2) is 32.7 Å². The van der Waals surface area contributed by atoms with Gasteiger partial charge in [-0.3, -0.25) is 4.79 Å². The van der Waals surface area contributed by atoms with Gasteiger partial charge in [0, 0.05) is 12.8 Å². The lowest BCUT2D eigenvalue weighted by Gasteiger charge is -2.25. The van der Waals surface area contributed by atoms with Gasteiger partial charge in [0.2, 0.25) is 17.6 Å². The molecule has 2 N–H and O–H groups in total. The second-order valence-electron chi connectivity index (χ2n) is 5.67. The summed E-state index contributed by atoms with van der Waals surface area (Å²) < 4.78 is 10.0. The molecule has 23 heavy (non-hydrogen) atoms. The van der Waals surface area contributed by atoms with E-state index in [0.717, 1.165) is 12.8 Å². The molecule has 2 aromatic heterocycles. The number of carbonyl (C=O) groups excluding carboxylic acids is 1. The highest BCUT2D eigenvalue weighted by Gasteiger charge is 2.42. The van der Waals surface area contributed by atoms with Gasteiger partial charge in [0.25, 0.3) is 0 Å². The normalized spacial score (nSPS) is 16.3. The van der Waals surface area contributed by atoms with E-state index >= 15 is 0 Å². The van der Waals surface area contributed by atoms with Crippen LogP contribution in [0.5, 0.6) is 0 Å². The van der Waals surface area contributed by atoms with E-state index in [1.165, 1.54) is 12.5 Å². The zero-order valence-electron chi connectivity index (χ0n) is 12.4. The molecule has 122 valence electrons. The van der Waals surface area contributed by atoms with E-state index in [2.05, 4.69) is 15.5 Å². The molecular formula is C15H17N3O5. The van der Waals surface area contributed by atoms with Gasteiger partial charge >= 0.3 is 5.97 Å². The molecule has 8 heteroatoms. The topological polar surface area (TPSA) is 118 Å². The quantitative estimate of drug-likeness (QED) is 0.833. The molecule has 0 aliphatic heterocycles. The standard InChI is InChI=1S/C15H17N3O5/c19-11(17-15(14(20)21)6-1-2-7-15)3-4-12-16-13(18-23-12)10-5-8-22-9-10/h5,8-9H,1-4,6-7H2,(H,17,19)(H,20,21). The van der Waals surface area contributed by atoms with Crippen molar-refractivity contribution in [2.75, 3.05) is 0 Å². The lowest BCUT2D eigenvalue weighted by atomic mass is 9.97. The maximum Gasteiger partial charge on any atom is 0.329 e. The fourth-order valence-corrected chi connectivity index (χ4v) is 2.79. The molecule has 0 bridgehead atoms. The molecule has 0 spiro atoms. The fourth-order valence-electron chi connectivity index (χ4n) is 2.79. The number of nitrogens with zero attached hydrogens (tertiary/aromatic N) is 2. The SMILES string of the molecule is O=C(CCc1nc(-c2ccoc2)no1)NC1(C(=O)O)CCCC1. The van der Waals surface area contributed by atoms with Crippen molar-refractivity contribution in [1.82, 2.24) is 15.5 Å². The maximum absolute atomic E-state index is 12.0. The van der Waals surface area contributed by atoms with Crippen LogP contribution >= 0.6 is 0 Å². The molecule has 1 aliphatic carbocycles. The smallest absolute Gasteiger partial charge is 0.329 e. The number of carbonyl (C=O) groups is 2. The average molecular weight is 319 g/mol. The first kappa shape index (κ1) is 15.3. The van der Waals surface area contributed by atoms with E-state index in [-0.39, 0.29) is 18.7 Å². The van der Waals surface area contributed by atoms with E-state index in [0.29, 0.717) is 30.1 Å². The third kappa shape index (κ3) is 3.25. The summed E-state index contributed by atoms with van der Waals surface area (Å²) in [4.78, 5) is 27.6. The number of amides is 1. The molecule has 8 nitrogen and oxygen atoms in total. The van der Waals surface area contributed by atoms with Crippen molar-refractivity contribution < 1.29 is 23.6 Å². The Balaban J connectivity index is 1.56. The van der Waals surface area contributed by atoms with E-state index in [1.807, 2.05) is 0 Å². The van der Waals surface area contributed by atoms with Crippen LogP contribution in [0.2, 0.25) is 0 Å². The summed E-state index contributed by atoms with van der Waals surface area (Å²) in [5.74, 6) is -0.570. The fraction of sp³-hybridized carbons (Fsp3) is 0.467. The molecule has 2 aromatic rings. The van der Waals surface area contributed by atoms with Crippen LogP contribution in [0.3, 0.4) is 0 Å². The number of hydrogen-bond acceptors (Lipinski definition) is 6. The Labute approximate surface area is 131 Å². The molecule has 0 atom stereocenters. The van der Waals surface area contributed by atoms with Crippen LogP contribution in [0, 0.1) is 0 Å². The number of aryl methyl sites for hydroxylation is 1. The number of carboxylic acids is 1. The van der Waals surface area contributed by atoms with Gasteiger partial charge in [-0.05, 0) is 18.9 Å². The molecule has 0 radical (unpaired) electrons. The summed E-state index contributed by atoms with van der Waals surface area (Å²) >= 11 is 0. The van der Waals surface area contributed by atoms with Crippen molar-refractivity contribution in [3.63, 3.8) is 0 Å². The molecule has 1 saturated carbocycles. The molecule has 1 fully saturated rings. The monoisotopic (exact) mass is 319 g/mol. The molecule has 3 rings (SSSR count). The van der Waals surface area contributed by atoms with Crippen molar-refractivity contribution in [3.05, 3.63) is 24.5 Å². The highest BCUT2D eigenvalue weighted by Crippen LogP contribution is 2.30. The Morgan fingerprint density at radius 3 is 2.78 bits per heavy atom. The first-order valence-electron chi connectivity index (χ1n) is 7.49. The summed E-state index contributed by atoms with van der Waals surface area (Å²) in [6, 6.07) is 1.71. The summed E-state index contributed by atoms with van der Waals surface area (Å²) in [6.07, 6.45) is 5.92. The van der Waals surface area contributed by atoms with Crippen LogP contribution < -0.4 is 5.32 Å². The number of furan rings is 1. The molecule has 1 aliphatic rings. The molecule has 0 saturated heterocycles. The lowest BCUT2D eigenvalue weighted by molar-refractivity contribution is -0.147. The van der Waals surface area contributed by atoms with Gasteiger partial charge < -0.3 is 19.4 Å². The lowest BCUT2D eigenvalue weighted by Crippen LogP contribution is -2.52. The first-order valence-corrected chi connectivity index (χ1v) is 7.49. The second-order valence-corrected chi connectivity index (χ2v) is 5.67. The minimum atomic E-state index is -1.12. The molecule has 0 aromatic carbocycles. The van der Waals surface area contributed by atoms with Crippen LogP contribution in [0.25, 0.3) is 11.4 Å². The minimum absolute atomic E-state index is 0.0993. The van der Waals surface area contributed by atoms with Crippen LogP contribution in [0.1, 0.15) is 38.0 Å². The van der Waals surface area contributed by atoms with Crippen molar-refractivity contribution in [1.29, 1.82) is 0 Å². The zero-order chi connectivity index (χ0) is 16.3. The van der Waals surface area contributed by atoms with Crippen molar-refractivity contribution in [2.24, 2.45) is 0 Å². The number of nitrogens with one attached hydrogen (secondary N) is 1. The number of rotatable bonds is 6. The Bertz CT molecular complexity index is 686. The van der Waals surface area contributed by atoms with Gasteiger partial charge in [0.1, 0.15) is 11.8 Å². The summed E-state index contributed by atoms with van der Waals surface area (Å²) in [6.45, 7) is 0. The van der Waals surface area contributed by atoms with Crippen LogP contribution in [0.4, 0.5) is 0 Å². The zero-order valence-corrected chi connectivity index (χ0v) is 12.4. The van der Waals surface area contributed by atoms with E-state index in [1.54, 1.807) is 6.07 Å². The molecule has 2 heterocycles. The van der Waals surface area contributed by atoms with E-state index in [9.17, 15) is 14.7 Å². The minimum Gasteiger partial charge on any atom is -0.480 e. The van der Waals surface area contributed by atoms with Gasteiger partial charge in [0.05, 0.1) is 11.8 Å². The van der Waals surface area contributed by atoms with Crippen LogP contribution in [-0.2, 0) is 16.0 Å². The Kier molecular flexibility index (Phi) is 4.14. The summed E-state index contributed by atoms with van der Waals surface area (Å²) in [5.41, 5.74) is -0.423. The van der Waals surface area contributed by atoms with Crippen molar-refractivity contribution in [2.45, 2.75) is 44.1 Å². The first-order chi connectivity index (χ1) is 11.1. The Morgan fingerprint density at radius 2 is 2.13 bits per heavy atom. The van der Waals surface area contributed by atoms with Crippen molar-refractivity contribution >= 4 is 11.9 Å². The van der Waals surface area contributed by atoms with Gasteiger partial charge in [-0.2, -0.15) is 4.98 Å². The van der Waals surface area contributed by atoms with E-state index < -0.39 is 11.5 Å². The molecular weight excluding hydrogens is 302 g/mol. The van der Waals surface area contributed by atoms with Gasteiger partial charge in [-0.25, -0.2) is 4.79 Å². The Hall–Kier alpha value is -2.64. The van der Waals surface area contributed by atoms with Crippen molar-refractivity contribution in [3.8, 4) is 11.4 Å². The second kappa shape index (κ2) is 6.23. The predicted octanol–water partition coefficient (Wildman–Crippen LogP) is 1.78. The molecule has 1 amide bonds. The van der Waals surface area contributed by atoms with Gasteiger partial charge in [-0.1, -0.05) is 18.0 Å².